The van der Waals surface area contributed by atoms with Gasteiger partial charge in [0.15, 0.2) is 0 Å². The van der Waals surface area contributed by atoms with Crippen LogP contribution in [0.2, 0.25) is 0 Å². The zero-order valence-corrected chi connectivity index (χ0v) is 14.0. The highest BCUT2D eigenvalue weighted by molar-refractivity contribution is 6.01. The number of benzene rings is 2. The minimum Gasteiger partial charge on any atom is -0.352 e. The average molecular weight is 322 g/mol. The van der Waals surface area contributed by atoms with E-state index < -0.39 is 6.04 Å². The van der Waals surface area contributed by atoms with Crippen LogP contribution in [-0.4, -0.2) is 28.8 Å². The quantitative estimate of drug-likeness (QED) is 0.920. The van der Waals surface area contributed by atoms with Crippen molar-refractivity contribution in [2.45, 2.75) is 38.9 Å². The topological polar surface area (TPSA) is 49.4 Å². The molecule has 2 aromatic rings. The first-order chi connectivity index (χ1) is 11.6. The van der Waals surface area contributed by atoms with E-state index in [1.54, 1.807) is 4.90 Å². The molecule has 3 rings (SSSR count). The maximum absolute atomic E-state index is 12.8. The van der Waals surface area contributed by atoms with Gasteiger partial charge in [-0.25, -0.2) is 0 Å². The molecule has 2 aromatic carbocycles. The Hall–Kier alpha value is -2.62. The molecule has 0 saturated heterocycles. The summed E-state index contributed by atoms with van der Waals surface area (Å²) in [7, 11) is 0. The van der Waals surface area contributed by atoms with Gasteiger partial charge < -0.3 is 10.2 Å². The van der Waals surface area contributed by atoms with Gasteiger partial charge in [0, 0.05) is 24.6 Å². The van der Waals surface area contributed by atoms with Crippen LogP contribution in [0.4, 0.5) is 0 Å². The van der Waals surface area contributed by atoms with Crippen LogP contribution in [0.5, 0.6) is 0 Å². The number of hydrogen-bond acceptors (Lipinski definition) is 2. The Balaban J connectivity index is 1.88. The summed E-state index contributed by atoms with van der Waals surface area (Å²) in [5.41, 5.74) is 2.73. The molecule has 0 aliphatic carbocycles. The molecule has 0 radical (unpaired) electrons. The molecular weight excluding hydrogens is 300 g/mol. The summed E-state index contributed by atoms with van der Waals surface area (Å²) in [4.78, 5) is 27.2. The molecule has 2 amide bonds. The maximum Gasteiger partial charge on any atom is 0.255 e. The number of carbonyl (C=O) groups excluding carboxylic acids is 2. The molecule has 4 nitrogen and oxygen atoms in total. The van der Waals surface area contributed by atoms with Crippen molar-refractivity contribution in [3.63, 3.8) is 0 Å². The molecule has 1 heterocycles. The summed E-state index contributed by atoms with van der Waals surface area (Å²) < 4.78 is 0. The minimum absolute atomic E-state index is 0.0378. The summed E-state index contributed by atoms with van der Waals surface area (Å²) in [6.07, 6.45) is 0.513. The van der Waals surface area contributed by atoms with Gasteiger partial charge in [-0.2, -0.15) is 0 Å². The first kappa shape index (κ1) is 16.2. The van der Waals surface area contributed by atoms with Crippen LogP contribution >= 0.6 is 0 Å². The maximum atomic E-state index is 12.8. The van der Waals surface area contributed by atoms with Crippen LogP contribution in [-0.2, 0) is 17.8 Å². The smallest absolute Gasteiger partial charge is 0.255 e. The second kappa shape index (κ2) is 6.87. The zero-order valence-electron chi connectivity index (χ0n) is 14.0. The Morgan fingerprint density at radius 3 is 2.42 bits per heavy atom. The highest BCUT2D eigenvalue weighted by atomic mass is 16.2. The van der Waals surface area contributed by atoms with E-state index in [0.29, 0.717) is 18.5 Å². The Kier molecular flexibility index (Phi) is 4.65. The molecule has 0 fully saturated rings. The molecule has 0 spiro atoms. The number of rotatable bonds is 5. The van der Waals surface area contributed by atoms with Crippen molar-refractivity contribution in [3.8, 4) is 0 Å². The second-order valence-electron chi connectivity index (χ2n) is 6.46. The molecule has 24 heavy (non-hydrogen) atoms. The van der Waals surface area contributed by atoms with Crippen LogP contribution in [0.3, 0.4) is 0 Å². The van der Waals surface area contributed by atoms with Crippen LogP contribution in [0.1, 0.15) is 35.3 Å². The molecule has 0 aromatic heterocycles. The summed E-state index contributed by atoms with van der Waals surface area (Å²) in [6.45, 7) is 4.34. The summed E-state index contributed by atoms with van der Waals surface area (Å²) in [5, 5.41) is 2.95. The Labute approximate surface area is 142 Å². The highest BCUT2D eigenvalue weighted by Crippen LogP contribution is 2.26. The lowest BCUT2D eigenvalue weighted by Gasteiger charge is -2.28. The van der Waals surface area contributed by atoms with Gasteiger partial charge in [0.2, 0.25) is 5.91 Å². The molecule has 1 aliphatic heterocycles. The molecule has 0 saturated carbocycles. The largest absolute Gasteiger partial charge is 0.352 e. The van der Waals surface area contributed by atoms with Crippen LogP contribution in [0, 0.1) is 0 Å². The predicted molar refractivity (Wildman–Crippen MR) is 93.5 cm³/mol. The molecule has 1 aliphatic rings. The Bertz CT molecular complexity index is 740. The molecule has 0 bridgehead atoms. The number of nitrogens with zero attached hydrogens (tertiary/aromatic N) is 1. The third-order valence-electron chi connectivity index (χ3n) is 4.23. The van der Waals surface area contributed by atoms with Crippen LogP contribution in [0.25, 0.3) is 0 Å². The van der Waals surface area contributed by atoms with Crippen molar-refractivity contribution in [2.75, 3.05) is 0 Å². The third-order valence-corrected chi connectivity index (χ3v) is 4.23. The number of hydrogen-bond donors (Lipinski definition) is 1. The third kappa shape index (κ3) is 3.32. The SMILES string of the molecule is CC(C)NC(=O)[C@@H](Cc1ccccc1)N1Cc2ccccc2C1=O. The minimum atomic E-state index is -0.505. The highest BCUT2D eigenvalue weighted by Gasteiger charge is 2.36. The van der Waals surface area contributed by atoms with E-state index in [1.807, 2.05) is 68.4 Å². The summed E-state index contributed by atoms with van der Waals surface area (Å²) in [6, 6.07) is 16.9. The van der Waals surface area contributed by atoms with Gasteiger partial charge in [-0.05, 0) is 31.0 Å². The lowest BCUT2D eigenvalue weighted by atomic mass is 10.0. The van der Waals surface area contributed by atoms with Crippen molar-refractivity contribution in [2.24, 2.45) is 0 Å². The van der Waals surface area contributed by atoms with Crippen molar-refractivity contribution in [3.05, 3.63) is 71.3 Å². The van der Waals surface area contributed by atoms with Gasteiger partial charge in [-0.1, -0.05) is 48.5 Å². The van der Waals surface area contributed by atoms with Gasteiger partial charge in [0.25, 0.3) is 5.91 Å². The van der Waals surface area contributed by atoms with E-state index in [9.17, 15) is 9.59 Å². The van der Waals surface area contributed by atoms with E-state index in [4.69, 9.17) is 0 Å². The fraction of sp³-hybridized carbons (Fsp3) is 0.300. The molecule has 1 N–H and O–H groups in total. The molecule has 0 unspecified atom stereocenters. The number of carbonyl (C=O) groups is 2. The monoisotopic (exact) mass is 322 g/mol. The van der Waals surface area contributed by atoms with E-state index in [1.165, 1.54) is 0 Å². The second-order valence-corrected chi connectivity index (χ2v) is 6.46. The molecule has 4 heteroatoms. The molecule has 1 atom stereocenters. The van der Waals surface area contributed by atoms with Crippen molar-refractivity contribution in [1.29, 1.82) is 0 Å². The first-order valence-electron chi connectivity index (χ1n) is 8.29. The van der Waals surface area contributed by atoms with Crippen molar-refractivity contribution < 1.29 is 9.59 Å². The summed E-state index contributed by atoms with van der Waals surface area (Å²) in [5.74, 6) is -0.166. The lowest BCUT2D eigenvalue weighted by Crippen LogP contribution is -2.50. The Morgan fingerprint density at radius 1 is 1.08 bits per heavy atom. The van der Waals surface area contributed by atoms with Gasteiger partial charge >= 0.3 is 0 Å². The molecular formula is C20H22N2O2. The number of fused-ring (bicyclic) bond motifs is 1. The standard InChI is InChI=1S/C20H22N2O2/c1-14(2)21-19(23)18(12-15-8-4-3-5-9-15)22-13-16-10-6-7-11-17(16)20(22)24/h3-11,14,18H,12-13H2,1-2H3,(H,21,23)/t18-/m1/s1. The van der Waals surface area contributed by atoms with Gasteiger partial charge in [0.05, 0.1) is 0 Å². The van der Waals surface area contributed by atoms with E-state index in [0.717, 1.165) is 11.1 Å². The van der Waals surface area contributed by atoms with Gasteiger partial charge in [-0.3, -0.25) is 9.59 Å². The zero-order chi connectivity index (χ0) is 17.1. The van der Waals surface area contributed by atoms with Crippen molar-refractivity contribution >= 4 is 11.8 Å². The summed E-state index contributed by atoms with van der Waals surface area (Å²) >= 11 is 0. The van der Waals surface area contributed by atoms with Gasteiger partial charge in [-0.15, -0.1) is 0 Å². The van der Waals surface area contributed by atoms with Crippen LogP contribution < -0.4 is 5.32 Å². The normalized spacial score (nSPS) is 14.6. The van der Waals surface area contributed by atoms with Gasteiger partial charge in [0.1, 0.15) is 6.04 Å². The van der Waals surface area contributed by atoms with E-state index >= 15 is 0 Å². The number of amides is 2. The van der Waals surface area contributed by atoms with E-state index in [-0.39, 0.29) is 17.9 Å². The first-order valence-corrected chi connectivity index (χ1v) is 8.29. The van der Waals surface area contributed by atoms with E-state index in [2.05, 4.69) is 5.32 Å². The van der Waals surface area contributed by atoms with Crippen molar-refractivity contribution in [1.82, 2.24) is 10.2 Å². The number of nitrogens with one attached hydrogen (secondary N) is 1. The fourth-order valence-corrected chi connectivity index (χ4v) is 3.09. The Morgan fingerprint density at radius 2 is 1.75 bits per heavy atom. The fourth-order valence-electron chi connectivity index (χ4n) is 3.09. The lowest BCUT2D eigenvalue weighted by molar-refractivity contribution is -0.126. The average Bonchev–Trinajstić information content (AvgIpc) is 2.90. The predicted octanol–water partition coefficient (Wildman–Crippen LogP) is 2.78. The van der Waals surface area contributed by atoms with Crippen LogP contribution in [0.15, 0.2) is 54.6 Å². The molecule has 124 valence electrons.